The first kappa shape index (κ1) is 19.7. The number of nitrogens with zero attached hydrogens (tertiary/aromatic N) is 2. The Kier molecular flexibility index (Phi) is 6.95. The zero-order chi connectivity index (χ0) is 19.1. The average molecular weight is 358 g/mol. The van der Waals surface area contributed by atoms with Crippen LogP contribution in [0.3, 0.4) is 0 Å². The molecule has 0 saturated heterocycles. The quantitative estimate of drug-likeness (QED) is 0.610. The van der Waals surface area contributed by atoms with Gasteiger partial charge in [-0.3, -0.25) is 4.99 Å². The van der Waals surface area contributed by atoms with Crippen molar-refractivity contribution >= 4 is 5.96 Å². The molecule has 5 nitrogen and oxygen atoms in total. The maximum Gasteiger partial charge on any atom is 0.213 e. The number of aliphatic imine (C=N–C) groups is 1. The molecule has 6 heteroatoms. The minimum absolute atomic E-state index is 0.0729. The van der Waals surface area contributed by atoms with Gasteiger partial charge in [-0.1, -0.05) is 18.2 Å². The third-order valence-electron chi connectivity index (χ3n) is 3.89. The number of hydrogen-bond acceptors (Lipinski definition) is 3. The standard InChI is InChI=1S/C20H27FN4O/c1-13(2)26-19-9-7-16(11-23-19)12-24-20(22-5)25-15(4)17-8-6-14(3)18(21)10-17/h6-11,13,15H,12H2,1-5H3,(H2,22,24,25). The number of benzene rings is 1. The van der Waals surface area contributed by atoms with Gasteiger partial charge in [-0.25, -0.2) is 9.37 Å². The molecular formula is C20H27FN4O. The molecular weight excluding hydrogens is 331 g/mol. The molecule has 0 bridgehead atoms. The minimum atomic E-state index is -0.200. The van der Waals surface area contributed by atoms with Gasteiger partial charge in [0.15, 0.2) is 5.96 Å². The molecule has 0 aliphatic rings. The van der Waals surface area contributed by atoms with Crippen LogP contribution in [0.1, 0.15) is 43.5 Å². The van der Waals surface area contributed by atoms with Crippen molar-refractivity contribution in [1.82, 2.24) is 15.6 Å². The lowest BCUT2D eigenvalue weighted by Gasteiger charge is -2.19. The molecule has 1 unspecified atom stereocenters. The highest BCUT2D eigenvalue weighted by molar-refractivity contribution is 5.80. The second kappa shape index (κ2) is 9.17. The summed E-state index contributed by atoms with van der Waals surface area (Å²) in [4.78, 5) is 8.51. The Hall–Kier alpha value is -2.63. The highest BCUT2D eigenvalue weighted by Gasteiger charge is 2.10. The molecule has 1 aromatic carbocycles. The smallest absolute Gasteiger partial charge is 0.213 e. The molecule has 2 N–H and O–H groups in total. The maximum atomic E-state index is 13.7. The van der Waals surface area contributed by atoms with Crippen molar-refractivity contribution in [2.45, 2.75) is 46.4 Å². The highest BCUT2D eigenvalue weighted by atomic mass is 19.1. The largest absolute Gasteiger partial charge is 0.475 e. The van der Waals surface area contributed by atoms with Crippen LogP contribution in [-0.4, -0.2) is 24.1 Å². The number of halogens is 1. The lowest BCUT2D eigenvalue weighted by atomic mass is 10.1. The van der Waals surface area contributed by atoms with Crippen molar-refractivity contribution in [1.29, 1.82) is 0 Å². The molecule has 0 aliphatic carbocycles. The van der Waals surface area contributed by atoms with Crippen molar-refractivity contribution < 1.29 is 9.13 Å². The number of aromatic nitrogens is 1. The first-order valence-corrected chi connectivity index (χ1v) is 8.74. The summed E-state index contributed by atoms with van der Waals surface area (Å²) in [6.45, 7) is 8.23. The fourth-order valence-electron chi connectivity index (χ4n) is 2.37. The van der Waals surface area contributed by atoms with E-state index in [4.69, 9.17) is 4.74 Å². The summed E-state index contributed by atoms with van der Waals surface area (Å²) in [6, 6.07) is 9.00. The fourth-order valence-corrected chi connectivity index (χ4v) is 2.37. The van der Waals surface area contributed by atoms with Crippen molar-refractivity contribution in [3.05, 3.63) is 59.0 Å². The predicted octanol–water partition coefficient (Wildman–Crippen LogP) is 3.74. The first-order chi connectivity index (χ1) is 12.4. The van der Waals surface area contributed by atoms with Crippen LogP contribution < -0.4 is 15.4 Å². The topological polar surface area (TPSA) is 58.5 Å². The van der Waals surface area contributed by atoms with E-state index in [0.717, 1.165) is 11.1 Å². The number of nitrogens with one attached hydrogen (secondary N) is 2. The van der Waals surface area contributed by atoms with E-state index in [0.29, 0.717) is 23.9 Å². The summed E-state index contributed by atoms with van der Waals surface area (Å²) in [5.74, 6) is 1.05. The molecule has 0 fully saturated rings. The van der Waals surface area contributed by atoms with E-state index in [9.17, 15) is 4.39 Å². The van der Waals surface area contributed by atoms with Gasteiger partial charge >= 0.3 is 0 Å². The highest BCUT2D eigenvalue weighted by Crippen LogP contribution is 2.16. The number of guanidine groups is 1. The van der Waals surface area contributed by atoms with E-state index in [2.05, 4.69) is 20.6 Å². The molecule has 1 atom stereocenters. The Morgan fingerprint density at radius 3 is 2.58 bits per heavy atom. The zero-order valence-electron chi connectivity index (χ0n) is 16.0. The van der Waals surface area contributed by atoms with E-state index in [1.54, 1.807) is 32.3 Å². The first-order valence-electron chi connectivity index (χ1n) is 8.74. The van der Waals surface area contributed by atoms with Gasteiger partial charge in [-0.05, 0) is 50.5 Å². The van der Waals surface area contributed by atoms with Gasteiger partial charge in [-0.15, -0.1) is 0 Å². The van der Waals surface area contributed by atoms with E-state index in [1.807, 2.05) is 39.0 Å². The van der Waals surface area contributed by atoms with Crippen LogP contribution in [0.5, 0.6) is 5.88 Å². The molecule has 26 heavy (non-hydrogen) atoms. The van der Waals surface area contributed by atoms with Crippen LogP contribution in [0, 0.1) is 12.7 Å². The third kappa shape index (κ3) is 5.72. The normalized spacial score (nSPS) is 12.8. The molecule has 2 aromatic rings. The Labute approximate surface area is 154 Å². The van der Waals surface area contributed by atoms with Gasteiger partial charge < -0.3 is 15.4 Å². The van der Waals surface area contributed by atoms with Gasteiger partial charge in [-0.2, -0.15) is 0 Å². The molecule has 1 heterocycles. The molecule has 0 saturated carbocycles. The van der Waals surface area contributed by atoms with Crippen LogP contribution in [0.4, 0.5) is 4.39 Å². The van der Waals surface area contributed by atoms with Crippen molar-refractivity contribution in [3.8, 4) is 5.88 Å². The summed E-state index contributed by atoms with van der Waals surface area (Å²) < 4.78 is 19.3. The van der Waals surface area contributed by atoms with Crippen LogP contribution in [0.15, 0.2) is 41.5 Å². The zero-order valence-corrected chi connectivity index (χ0v) is 16.0. The predicted molar refractivity (Wildman–Crippen MR) is 103 cm³/mol. The van der Waals surface area contributed by atoms with Crippen LogP contribution in [-0.2, 0) is 6.54 Å². The molecule has 140 valence electrons. The van der Waals surface area contributed by atoms with Crippen LogP contribution >= 0.6 is 0 Å². The number of hydrogen-bond donors (Lipinski definition) is 2. The number of pyridine rings is 1. The summed E-state index contributed by atoms with van der Waals surface area (Å²) >= 11 is 0. The molecule has 0 aliphatic heterocycles. The summed E-state index contributed by atoms with van der Waals surface area (Å²) in [5.41, 5.74) is 2.52. The van der Waals surface area contributed by atoms with E-state index in [1.165, 1.54) is 0 Å². The molecule has 1 aromatic heterocycles. The Morgan fingerprint density at radius 1 is 1.23 bits per heavy atom. The van der Waals surface area contributed by atoms with Gasteiger partial charge in [0.25, 0.3) is 0 Å². The summed E-state index contributed by atoms with van der Waals surface area (Å²) in [5, 5.41) is 6.50. The van der Waals surface area contributed by atoms with Gasteiger partial charge in [0.05, 0.1) is 12.1 Å². The average Bonchev–Trinajstić information content (AvgIpc) is 2.61. The second-order valence-corrected chi connectivity index (χ2v) is 6.47. The van der Waals surface area contributed by atoms with Gasteiger partial charge in [0, 0.05) is 25.9 Å². The second-order valence-electron chi connectivity index (χ2n) is 6.47. The molecule has 2 rings (SSSR count). The summed E-state index contributed by atoms with van der Waals surface area (Å²) in [6.07, 6.45) is 1.87. The van der Waals surface area contributed by atoms with E-state index in [-0.39, 0.29) is 18.0 Å². The number of ether oxygens (including phenoxy) is 1. The third-order valence-corrected chi connectivity index (χ3v) is 3.89. The fraction of sp³-hybridized carbons (Fsp3) is 0.400. The lowest BCUT2D eigenvalue weighted by molar-refractivity contribution is 0.232. The van der Waals surface area contributed by atoms with Gasteiger partial charge in [0.2, 0.25) is 5.88 Å². The Balaban J connectivity index is 1.91. The van der Waals surface area contributed by atoms with Crippen molar-refractivity contribution in [2.24, 2.45) is 4.99 Å². The van der Waals surface area contributed by atoms with Crippen LogP contribution in [0.25, 0.3) is 0 Å². The molecule has 0 amide bonds. The SMILES string of the molecule is CN=C(NCc1ccc(OC(C)C)nc1)NC(C)c1ccc(C)c(F)c1. The van der Waals surface area contributed by atoms with E-state index >= 15 is 0 Å². The maximum absolute atomic E-state index is 13.7. The molecule has 0 spiro atoms. The molecule has 0 radical (unpaired) electrons. The Morgan fingerprint density at radius 2 is 2.00 bits per heavy atom. The van der Waals surface area contributed by atoms with Crippen molar-refractivity contribution in [3.63, 3.8) is 0 Å². The van der Waals surface area contributed by atoms with Crippen LogP contribution in [0.2, 0.25) is 0 Å². The summed E-state index contributed by atoms with van der Waals surface area (Å²) in [7, 11) is 1.70. The number of aryl methyl sites for hydroxylation is 1. The number of rotatable bonds is 6. The lowest BCUT2D eigenvalue weighted by Crippen LogP contribution is -2.38. The van der Waals surface area contributed by atoms with E-state index < -0.39 is 0 Å². The van der Waals surface area contributed by atoms with Gasteiger partial charge in [0.1, 0.15) is 5.82 Å². The minimum Gasteiger partial charge on any atom is -0.475 e. The van der Waals surface area contributed by atoms with Crippen molar-refractivity contribution in [2.75, 3.05) is 7.05 Å². The Bertz CT molecular complexity index is 744. The monoisotopic (exact) mass is 358 g/mol.